The highest BCUT2D eigenvalue weighted by Gasteiger charge is 2.09. The Labute approximate surface area is 255 Å². The molecule has 4 aromatic carbocycles. The second-order valence-corrected chi connectivity index (χ2v) is 12.2. The number of unbranched alkanes of at least 4 members (excludes halogenated alkanes) is 5. The molecule has 0 fully saturated rings. The molecule has 0 aliphatic rings. The summed E-state index contributed by atoms with van der Waals surface area (Å²) >= 11 is 0. The average Bonchev–Trinajstić information content (AvgIpc) is 2.99. The normalized spacial score (nSPS) is 11.2. The Hall–Kier alpha value is -3.52. The summed E-state index contributed by atoms with van der Waals surface area (Å²) in [6.45, 7) is 4.58. The van der Waals surface area contributed by atoms with Crippen LogP contribution in [0.1, 0.15) is 110 Å². The molecule has 0 atom stereocenters. The maximum absolute atomic E-state index is 5.90. The molecule has 0 aliphatic carbocycles. The topological polar surface area (TPSA) is 52.0 Å². The fourth-order valence-electron chi connectivity index (χ4n) is 6.04. The van der Waals surface area contributed by atoms with Crippen LogP contribution < -0.4 is 11.5 Å². The van der Waals surface area contributed by atoms with Crippen LogP contribution in [0.5, 0.6) is 0 Å². The van der Waals surface area contributed by atoms with E-state index in [1.165, 1.54) is 99.3 Å². The third-order valence-electron chi connectivity index (χ3n) is 8.56. The molecule has 4 rings (SSSR count). The zero-order valence-corrected chi connectivity index (χ0v) is 26.1. The zero-order valence-electron chi connectivity index (χ0n) is 26.1. The van der Waals surface area contributed by atoms with Gasteiger partial charge in [-0.05, 0) is 133 Å². The van der Waals surface area contributed by atoms with Crippen molar-refractivity contribution in [3.05, 3.63) is 129 Å². The highest BCUT2D eigenvalue weighted by Crippen LogP contribution is 2.23. The van der Waals surface area contributed by atoms with Gasteiger partial charge >= 0.3 is 0 Å². The molecule has 2 heteroatoms. The van der Waals surface area contributed by atoms with E-state index in [9.17, 15) is 0 Å². The van der Waals surface area contributed by atoms with Gasteiger partial charge in [-0.15, -0.1) is 0 Å². The minimum Gasteiger partial charge on any atom is -0.399 e. The average molecular weight is 561 g/mol. The van der Waals surface area contributed by atoms with Gasteiger partial charge in [-0.3, -0.25) is 0 Å². The van der Waals surface area contributed by atoms with Crippen LogP contribution in [0.4, 0.5) is 11.4 Å². The van der Waals surface area contributed by atoms with Gasteiger partial charge in [0.25, 0.3) is 0 Å². The summed E-state index contributed by atoms with van der Waals surface area (Å²) in [7, 11) is 0. The zero-order chi connectivity index (χ0) is 29.6. The molecular formula is C40H52N2. The van der Waals surface area contributed by atoms with Crippen LogP contribution >= 0.6 is 0 Å². The van der Waals surface area contributed by atoms with Gasteiger partial charge in [0, 0.05) is 11.4 Å². The fraction of sp³-hybridized carbons (Fsp3) is 0.400. The van der Waals surface area contributed by atoms with Crippen LogP contribution in [0.25, 0.3) is 0 Å². The monoisotopic (exact) mass is 560 g/mol. The summed E-state index contributed by atoms with van der Waals surface area (Å²) in [5.41, 5.74) is 25.1. The van der Waals surface area contributed by atoms with Crippen molar-refractivity contribution < 1.29 is 0 Å². The summed E-state index contributed by atoms with van der Waals surface area (Å²) in [6.07, 6.45) is 16.8. The summed E-state index contributed by atoms with van der Waals surface area (Å²) in [6, 6.07) is 31.1. The van der Waals surface area contributed by atoms with Gasteiger partial charge in [0.1, 0.15) is 0 Å². The van der Waals surface area contributed by atoms with E-state index in [4.69, 9.17) is 11.5 Å². The molecule has 222 valence electrons. The molecule has 0 aliphatic heterocycles. The Morgan fingerprint density at radius 3 is 1.10 bits per heavy atom. The van der Waals surface area contributed by atoms with Crippen LogP contribution in [-0.2, 0) is 38.5 Å². The Bertz CT molecular complexity index is 1240. The summed E-state index contributed by atoms with van der Waals surface area (Å²) in [4.78, 5) is 0. The lowest BCUT2D eigenvalue weighted by molar-refractivity contribution is 0.690. The number of aryl methyl sites for hydroxylation is 4. The van der Waals surface area contributed by atoms with E-state index in [2.05, 4.69) is 74.5 Å². The van der Waals surface area contributed by atoms with Crippen molar-refractivity contribution in [2.75, 3.05) is 11.5 Å². The van der Waals surface area contributed by atoms with Crippen molar-refractivity contribution in [3.63, 3.8) is 0 Å². The van der Waals surface area contributed by atoms with Crippen molar-refractivity contribution in [3.8, 4) is 0 Å². The van der Waals surface area contributed by atoms with E-state index in [0.717, 1.165) is 24.2 Å². The summed E-state index contributed by atoms with van der Waals surface area (Å²) in [5, 5.41) is 0. The highest BCUT2D eigenvalue weighted by molar-refractivity contribution is 5.43. The van der Waals surface area contributed by atoms with E-state index in [1.54, 1.807) is 22.3 Å². The molecule has 0 saturated carbocycles. The molecule has 0 spiro atoms. The molecule has 4 N–H and O–H groups in total. The Balaban J connectivity index is 1.38. The molecule has 0 radical (unpaired) electrons. The SMILES string of the molecule is CCCCCc1cc(Cc2ccc(N)cc2)ccc1CCCCc1ccc(Cc2ccc(N)cc2)cc1CCCCC. The van der Waals surface area contributed by atoms with Crippen LogP contribution in [0, 0.1) is 0 Å². The molecule has 4 aromatic rings. The number of rotatable bonds is 17. The van der Waals surface area contributed by atoms with Gasteiger partial charge in [0.2, 0.25) is 0 Å². The molecule has 42 heavy (non-hydrogen) atoms. The number of hydrogen-bond donors (Lipinski definition) is 2. The first kappa shape index (κ1) is 31.4. The number of hydrogen-bond acceptors (Lipinski definition) is 2. The lowest BCUT2D eigenvalue weighted by Gasteiger charge is -2.14. The minimum absolute atomic E-state index is 0.830. The van der Waals surface area contributed by atoms with E-state index in [0.29, 0.717) is 0 Å². The standard InChI is InChI=1S/C40H52N2/c1-3-5-7-13-37-29-33(27-31-17-23-39(41)24-18-31)15-21-35(37)11-9-10-12-36-22-16-34(30-38(36)14-8-6-4-2)28-32-19-25-40(42)26-20-32/h15-26,29-30H,3-14,27-28,41-42H2,1-2H3. The Morgan fingerprint density at radius 2 is 0.714 bits per heavy atom. The quantitative estimate of drug-likeness (QED) is 0.0997. The van der Waals surface area contributed by atoms with Gasteiger partial charge in [-0.25, -0.2) is 0 Å². The van der Waals surface area contributed by atoms with E-state index >= 15 is 0 Å². The van der Waals surface area contributed by atoms with E-state index in [1.807, 2.05) is 24.3 Å². The van der Waals surface area contributed by atoms with Crippen molar-refractivity contribution in [1.82, 2.24) is 0 Å². The lowest BCUT2D eigenvalue weighted by atomic mass is 9.91. The predicted octanol–water partition coefficient (Wildman–Crippen LogP) is 10.1. The number of nitrogen functional groups attached to an aromatic ring is 2. The van der Waals surface area contributed by atoms with Crippen LogP contribution in [-0.4, -0.2) is 0 Å². The molecule has 0 unspecified atom stereocenters. The molecule has 0 saturated heterocycles. The molecule has 0 heterocycles. The smallest absolute Gasteiger partial charge is 0.0314 e. The Kier molecular flexibility index (Phi) is 12.6. The number of benzene rings is 4. The number of nitrogens with two attached hydrogens (primary N) is 2. The van der Waals surface area contributed by atoms with Crippen LogP contribution in [0.3, 0.4) is 0 Å². The largest absolute Gasteiger partial charge is 0.399 e. The van der Waals surface area contributed by atoms with Crippen molar-refractivity contribution in [2.45, 2.75) is 104 Å². The second kappa shape index (κ2) is 16.8. The van der Waals surface area contributed by atoms with Crippen LogP contribution in [0.15, 0.2) is 84.9 Å². The van der Waals surface area contributed by atoms with E-state index in [-0.39, 0.29) is 0 Å². The lowest BCUT2D eigenvalue weighted by Crippen LogP contribution is -2.01. The van der Waals surface area contributed by atoms with Gasteiger partial charge in [-0.1, -0.05) is 100 Å². The van der Waals surface area contributed by atoms with Crippen molar-refractivity contribution in [1.29, 1.82) is 0 Å². The minimum atomic E-state index is 0.830. The van der Waals surface area contributed by atoms with Crippen molar-refractivity contribution in [2.24, 2.45) is 0 Å². The maximum atomic E-state index is 5.90. The molecular weight excluding hydrogens is 508 g/mol. The summed E-state index contributed by atoms with van der Waals surface area (Å²) < 4.78 is 0. The first-order valence-corrected chi connectivity index (χ1v) is 16.4. The number of anilines is 2. The molecule has 0 bridgehead atoms. The first-order valence-electron chi connectivity index (χ1n) is 16.4. The first-order chi connectivity index (χ1) is 20.5. The molecule has 2 nitrogen and oxygen atoms in total. The second-order valence-electron chi connectivity index (χ2n) is 12.2. The van der Waals surface area contributed by atoms with Gasteiger partial charge < -0.3 is 11.5 Å². The maximum Gasteiger partial charge on any atom is 0.0314 e. The Morgan fingerprint density at radius 1 is 0.381 bits per heavy atom. The van der Waals surface area contributed by atoms with Gasteiger partial charge in [0.05, 0.1) is 0 Å². The highest BCUT2D eigenvalue weighted by atomic mass is 14.5. The summed E-state index contributed by atoms with van der Waals surface area (Å²) in [5.74, 6) is 0. The fourth-order valence-corrected chi connectivity index (χ4v) is 6.04. The third-order valence-corrected chi connectivity index (χ3v) is 8.56. The third kappa shape index (κ3) is 10.1. The molecule has 0 aromatic heterocycles. The predicted molar refractivity (Wildman–Crippen MR) is 183 cm³/mol. The molecule has 0 amide bonds. The van der Waals surface area contributed by atoms with Crippen molar-refractivity contribution >= 4 is 11.4 Å². The van der Waals surface area contributed by atoms with Gasteiger partial charge in [0.15, 0.2) is 0 Å². The van der Waals surface area contributed by atoms with Gasteiger partial charge in [-0.2, -0.15) is 0 Å². The van der Waals surface area contributed by atoms with Crippen LogP contribution in [0.2, 0.25) is 0 Å². The van der Waals surface area contributed by atoms with E-state index < -0.39 is 0 Å².